The van der Waals surface area contributed by atoms with Gasteiger partial charge in [-0.3, -0.25) is 15.1 Å². The van der Waals surface area contributed by atoms with Crippen LogP contribution in [0.3, 0.4) is 0 Å². The van der Waals surface area contributed by atoms with Crippen LogP contribution in [0.15, 0.2) is 48.8 Å². The molecule has 0 spiro atoms. The molecule has 21 heavy (non-hydrogen) atoms. The van der Waals surface area contributed by atoms with Crippen molar-refractivity contribution in [1.29, 1.82) is 0 Å². The first kappa shape index (κ1) is 16.9. The number of pyridine rings is 1. The number of halogens is 1. The second-order valence-corrected chi connectivity index (χ2v) is 4.26. The molecular weight excluding hydrogens is 292 g/mol. The summed E-state index contributed by atoms with van der Waals surface area (Å²) in [6.45, 7) is 2.35. The van der Waals surface area contributed by atoms with E-state index in [0.717, 1.165) is 25.3 Å². The van der Waals surface area contributed by atoms with Crippen molar-refractivity contribution in [2.75, 3.05) is 18.4 Å². The monoisotopic (exact) mass is 308 g/mol. The fourth-order valence-electron chi connectivity index (χ4n) is 1.73. The molecule has 0 saturated heterocycles. The summed E-state index contributed by atoms with van der Waals surface area (Å²) in [4.78, 5) is 14.1. The van der Waals surface area contributed by atoms with Crippen LogP contribution in [0.1, 0.15) is 5.56 Å². The van der Waals surface area contributed by atoms with Gasteiger partial charge < -0.3 is 10.6 Å². The van der Waals surface area contributed by atoms with Crippen molar-refractivity contribution in [3.8, 4) is 0 Å². The van der Waals surface area contributed by atoms with Crippen LogP contribution in [0.4, 0.5) is 11.4 Å². The van der Waals surface area contributed by atoms with Crippen molar-refractivity contribution < 1.29 is 4.92 Å². The Labute approximate surface area is 129 Å². The number of benzene rings is 1. The van der Waals surface area contributed by atoms with Gasteiger partial charge in [-0.15, -0.1) is 12.4 Å². The third-order valence-electron chi connectivity index (χ3n) is 2.79. The minimum Gasteiger partial charge on any atom is -0.384 e. The van der Waals surface area contributed by atoms with E-state index in [2.05, 4.69) is 15.6 Å². The van der Waals surface area contributed by atoms with Gasteiger partial charge in [-0.1, -0.05) is 0 Å². The molecule has 2 aromatic rings. The summed E-state index contributed by atoms with van der Waals surface area (Å²) in [5.41, 5.74) is 2.17. The maximum Gasteiger partial charge on any atom is 0.269 e. The summed E-state index contributed by atoms with van der Waals surface area (Å²) >= 11 is 0. The predicted molar refractivity (Wildman–Crippen MR) is 84.8 cm³/mol. The minimum absolute atomic E-state index is 0. The number of hydrogen-bond acceptors (Lipinski definition) is 5. The van der Waals surface area contributed by atoms with E-state index in [9.17, 15) is 10.1 Å². The van der Waals surface area contributed by atoms with Crippen molar-refractivity contribution in [3.63, 3.8) is 0 Å². The van der Waals surface area contributed by atoms with Crippen LogP contribution in [0.5, 0.6) is 0 Å². The lowest BCUT2D eigenvalue weighted by atomic mass is 10.2. The molecule has 2 N–H and O–H groups in total. The molecule has 6 nitrogen and oxygen atoms in total. The second kappa shape index (κ2) is 8.89. The molecule has 0 bridgehead atoms. The van der Waals surface area contributed by atoms with E-state index < -0.39 is 4.92 Å². The molecule has 0 atom stereocenters. The molecule has 0 unspecified atom stereocenters. The topological polar surface area (TPSA) is 80.1 Å². The Morgan fingerprint density at radius 2 is 1.71 bits per heavy atom. The van der Waals surface area contributed by atoms with E-state index in [1.54, 1.807) is 24.5 Å². The first-order valence-corrected chi connectivity index (χ1v) is 6.33. The predicted octanol–water partition coefficient (Wildman–Crippen LogP) is 2.61. The number of nitrogens with one attached hydrogen (secondary N) is 2. The average molecular weight is 309 g/mol. The van der Waals surface area contributed by atoms with E-state index in [0.29, 0.717) is 0 Å². The second-order valence-electron chi connectivity index (χ2n) is 4.26. The number of nitro groups is 1. The van der Waals surface area contributed by atoms with Crippen molar-refractivity contribution in [3.05, 3.63) is 64.5 Å². The lowest BCUT2D eigenvalue weighted by Crippen LogP contribution is -2.21. The molecule has 2 rings (SSSR count). The van der Waals surface area contributed by atoms with Crippen molar-refractivity contribution in [2.45, 2.75) is 6.54 Å². The number of rotatable bonds is 7. The highest BCUT2D eigenvalue weighted by Crippen LogP contribution is 2.14. The van der Waals surface area contributed by atoms with Crippen LogP contribution in [-0.4, -0.2) is 23.0 Å². The summed E-state index contributed by atoms with van der Waals surface area (Å²) < 4.78 is 0. The first-order valence-electron chi connectivity index (χ1n) is 6.33. The third kappa shape index (κ3) is 5.76. The molecule has 1 heterocycles. The van der Waals surface area contributed by atoms with E-state index in [1.807, 2.05) is 12.1 Å². The van der Waals surface area contributed by atoms with Gasteiger partial charge in [0.2, 0.25) is 0 Å². The zero-order valence-corrected chi connectivity index (χ0v) is 12.2. The molecule has 0 aliphatic rings. The fourth-order valence-corrected chi connectivity index (χ4v) is 1.73. The van der Waals surface area contributed by atoms with Gasteiger partial charge in [0.05, 0.1) is 4.92 Å². The summed E-state index contributed by atoms with van der Waals surface area (Å²) in [5.74, 6) is 0. The number of aromatic nitrogens is 1. The normalized spacial score (nSPS) is 9.71. The third-order valence-corrected chi connectivity index (χ3v) is 2.79. The van der Waals surface area contributed by atoms with Crippen molar-refractivity contribution >= 4 is 23.8 Å². The Kier molecular flexibility index (Phi) is 7.14. The van der Waals surface area contributed by atoms with Crippen LogP contribution in [0.2, 0.25) is 0 Å². The first-order chi connectivity index (χ1) is 9.75. The summed E-state index contributed by atoms with van der Waals surface area (Å²) in [5, 5.41) is 17.0. The summed E-state index contributed by atoms with van der Waals surface area (Å²) in [6, 6.07) is 10.3. The van der Waals surface area contributed by atoms with Gasteiger partial charge in [0, 0.05) is 49.8 Å². The highest BCUT2D eigenvalue weighted by Gasteiger charge is 2.02. The Morgan fingerprint density at radius 1 is 1.05 bits per heavy atom. The molecule has 0 saturated carbocycles. The van der Waals surface area contributed by atoms with E-state index in [-0.39, 0.29) is 18.1 Å². The standard InChI is InChI=1S/C14H16N4O2.ClH/c19-18(20)14-3-1-13(2-4-14)17-10-9-16-11-12-5-7-15-8-6-12;/h1-8,16-17H,9-11H2;1H. The van der Waals surface area contributed by atoms with Gasteiger partial charge in [-0.25, -0.2) is 0 Å². The lowest BCUT2D eigenvalue weighted by Gasteiger charge is -2.07. The fraction of sp³-hybridized carbons (Fsp3) is 0.214. The molecule has 7 heteroatoms. The summed E-state index contributed by atoms with van der Waals surface area (Å²) in [7, 11) is 0. The zero-order chi connectivity index (χ0) is 14.2. The average Bonchev–Trinajstić information content (AvgIpc) is 2.48. The molecule has 0 aliphatic heterocycles. The van der Waals surface area contributed by atoms with Gasteiger partial charge in [0.1, 0.15) is 0 Å². The van der Waals surface area contributed by atoms with E-state index in [1.165, 1.54) is 17.7 Å². The molecule has 0 amide bonds. The van der Waals surface area contributed by atoms with E-state index >= 15 is 0 Å². The number of anilines is 1. The van der Waals surface area contributed by atoms with Gasteiger partial charge >= 0.3 is 0 Å². The van der Waals surface area contributed by atoms with Gasteiger partial charge in [0.15, 0.2) is 0 Å². The van der Waals surface area contributed by atoms with Crippen LogP contribution >= 0.6 is 12.4 Å². The molecule has 1 aromatic carbocycles. The maximum absolute atomic E-state index is 10.5. The van der Waals surface area contributed by atoms with Crippen molar-refractivity contribution in [1.82, 2.24) is 10.3 Å². The number of nitro benzene ring substituents is 1. The molecular formula is C14H17ClN4O2. The number of hydrogen-bond donors (Lipinski definition) is 2. The largest absolute Gasteiger partial charge is 0.384 e. The SMILES string of the molecule is Cl.O=[N+]([O-])c1ccc(NCCNCc2ccncc2)cc1. The number of non-ortho nitro benzene ring substituents is 1. The molecule has 112 valence electrons. The molecule has 1 aromatic heterocycles. The minimum atomic E-state index is -0.403. The van der Waals surface area contributed by atoms with Crippen LogP contribution < -0.4 is 10.6 Å². The number of nitrogens with zero attached hydrogens (tertiary/aromatic N) is 2. The van der Waals surface area contributed by atoms with Crippen molar-refractivity contribution in [2.24, 2.45) is 0 Å². The van der Waals surface area contributed by atoms with Crippen LogP contribution in [0, 0.1) is 10.1 Å². The Balaban J connectivity index is 0.00000220. The van der Waals surface area contributed by atoms with Crippen LogP contribution in [0.25, 0.3) is 0 Å². The van der Waals surface area contributed by atoms with Crippen LogP contribution in [-0.2, 0) is 6.54 Å². The van der Waals surface area contributed by atoms with Gasteiger partial charge in [-0.05, 0) is 29.8 Å². The lowest BCUT2D eigenvalue weighted by molar-refractivity contribution is -0.384. The quantitative estimate of drug-likeness (QED) is 0.467. The van der Waals surface area contributed by atoms with Gasteiger partial charge in [-0.2, -0.15) is 0 Å². The zero-order valence-electron chi connectivity index (χ0n) is 11.4. The molecule has 0 fully saturated rings. The Morgan fingerprint density at radius 3 is 2.33 bits per heavy atom. The maximum atomic E-state index is 10.5. The molecule has 0 aliphatic carbocycles. The Bertz CT molecular complexity index is 549. The summed E-state index contributed by atoms with van der Waals surface area (Å²) in [6.07, 6.45) is 3.54. The molecule has 0 radical (unpaired) electrons. The Hall–Kier alpha value is -2.18. The highest BCUT2D eigenvalue weighted by atomic mass is 35.5. The highest BCUT2D eigenvalue weighted by molar-refractivity contribution is 5.85. The van der Waals surface area contributed by atoms with Gasteiger partial charge in [0.25, 0.3) is 5.69 Å². The smallest absolute Gasteiger partial charge is 0.269 e. The van der Waals surface area contributed by atoms with E-state index in [4.69, 9.17) is 0 Å².